The lowest BCUT2D eigenvalue weighted by Crippen LogP contribution is -2.26. The molecule has 0 aliphatic heterocycles. The molecule has 0 aliphatic rings. The normalized spacial score (nSPS) is 12.9. The summed E-state index contributed by atoms with van der Waals surface area (Å²) in [5.41, 5.74) is 0. The zero-order valence-corrected chi connectivity index (χ0v) is 9.54. The Morgan fingerprint density at radius 3 is 2.60 bits per heavy atom. The molecule has 0 aromatic rings. The first-order valence-electron chi connectivity index (χ1n) is 4.23. The smallest absolute Gasteiger partial charge is 0.321 e. The van der Waals surface area contributed by atoms with Crippen molar-refractivity contribution in [3.05, 3.63) is 0 Å². The summed E-state index contributed by atoms with van der Waals surface area (Å²) in [5, 5.41) is 0. The first-order chi connectivity index (χ1) is 6.91. The maximum Gasteiger partial charge on any atom is 0.321 e. The Bertz CT molecular complexity index is 338. The molecule has 0 aromatic carbocycles. The van der Waals surface area contributed by atoms with E-state index in [4.69, 9.17) is 15.9 Å². The second-order valence-corrected chi connectivity index (χ2v) is 5.06. The van der Waals surface area contributed by atoms with Gasteiger partial charge in [0.25, 0.3) is 0 Å². The fraction of sp³-hybridized carbons (Fsp3) is 0.667. The van der Waals surface area contributed by atoms with Crippen LogP contribution in [0.5, 0.6) is 0 Å². The second-order valence-electron chi connectivity index (χ2n) is 2.99. The Kier molecular flexibility index (Phi) is 5.97. The molecule has 0 heterocycles. The second kappa shape index (κ2) is 6.43. The lowest BCUT2D eigenvalue weighted by Gasteiger charge is -2.11. The molecule has 0 spiro atoms. The predicted molar refractivity (Wildman–Crippen MR) is 54.9 cm³/mol. The summed E-state index contributed by atoms with van der Waals surface area (Å²) >= 11 is 0. The van der Waals surface area contributed by atoms with Crippen molar-refractivity contribution in [3.8, 4) is 12.3 Å². The highest BCUT2D eigenvalue weighted by Crippen LogP contribution is 1.96. The van der Waals surface area contributed by atoms with E-state index in [0.717, 1.165) is 0 Å². The summed E-state index contributed by atoms with van der Waals surface area (Å²) in [6.45, 7) is 1.83. The Morgan fingerprint density at radius 2 is 2.13 bits per heavy atom. The number of ether oxygens (including phenoxy) is 2. The largest absolute Gasteiger partial charge is 0.459 e. The van der Waals surface area contributed by atoms with Gasteiger partial charge in [0.15, 0.2) is 9.84 Å². The summed E-state index contributed by atoms with van der Waals surface area (Å²) in [5.74, 6) is 0.0142. The highest BCUT2D eigenvalue weighted by atomic mass is 32.2. The van der Waals surface area contributed by atoms with Gasteiger partial charge in [0, 0.05) is 7.11 Å². The molecule has 1 unspecified atom stereocenters. The molecule has 86 valence electrons. The maximum atomic E-state index is 11.1. The van der Waals surface area contributed by atoms with E-state index in [0.29, 0.717) is 0 Å². The van der Waals surface area contributed by atoms with Gasteiger partial charge in [0.2, 0.25) is 0 Å². The standard InChI is InChI=1S/C9H14O5S/c1-4-5-15(11,12)7-9(10)14-8(2)6-13-3/h1,8H,5-7H2,2-3H3. The number of carbonyl (C=O) groups excluding carboxylic acids is 1. The van der Waals surface area contributed by atoms with E-state index in [1.165, 1.54) is 7.11 Å². The number of terminal acetylenes is 1. The summed E-state index contributed by atoms with van der Waals surface area (Å²) in [6, 6.07) is 0. The zero-order valence-electron chi connectivity index (χ0n) is 8.73. The van der Waals surface area contributed by atoms with Crippen molar-refractivity contribution in [3.63, 3.8) is 0 Å². The van der Waals surface area contributed by atoms with E-state index in [1.807, 2.05) is 5.92 Å². The SMILES string of the molecule is C#CCS(=O)(=O)CC(=O)OC(C)COC. The van der Waals surface area contributed by atoms with Crippen LogP contribution in [0.2, 0.25) is 0 Å². The van der Waals surface area contributed by atoms with Crippen molar-refractivity contribution < 1.29 is 22.7 Å². The number of sulfone groups is 1. The van der Waals surface area contributed by atoms with E-state index in [9.17, 15) is 13.2 Å². The van der Waals surface area contributed by atoms with Gasteiger partial charge in [-0.05, 0) is 6.92 Å². The predicted octanol–water partition coefficient (Wildman–Crippen LogP) is -0.388. The molecule has 1 atom stereocenters. The van der Waals surface area contributed by atoms with Crippen molar-refractivity contribution >= 4 is 15.8 Å². The van der Waals surface area contributed by atoms with Gasteiger partial charge in [-0.1, -0.05) is 5.92 Å². The quantitative estimate of drug-likeness (QED) is 0.462. The molecule has 0 aromatic heterocycles. The molecule has 5 nitrogen and oxygen atoms in total. The van der Waals surface area contributed by atoms with Gasteiger partial charge >= 0.3 is 5.97 Å². The third-order valence-corrected chi connectivity index (χ3v) is 2.66. The minimum atomic E-state index is -3.54. The summed E-state index contributed by atoms with van der Waals surface area (Å²) in [4.78, 5) is 11.1. The Balaban J connectivity index is 4.11. The molecular weight excluding hydrogens is 220 g/mol. The monoisotopic (exact) mass is 234 g/mol. The van der Waals surface area contributed by atoms with Crippen LogP contribution in [0.1, 0.15) is 6.92 Å². The van der Waals surface area contributed by atoms with Crippen LogP contribution in [0.4, 0.5) is 0 Å². The lowest BCUT2D eigenvalue weighted by atomic mass is 10.4. The van der Waals surface area contributed by atoms with Crippen molar-refractivity contribution in [2.24, 2.45) is 0 Å². The summed E-state index contributed by atoms with van der Waals surface area (Å²) < 4.78 is 31.7. The molecule has 6 heteroatoms. The van der Waals surface area contributed by atoms with Crippen molar-refractivity contribution in [2.45, 2.75) is 13.0 Å². The lowest BCUT2D eigenvalue weighted by molar-refractivity contribution is -0.147. The molecule has 0 rings (SSSR count). The third-order valence-electron chi connectivity index (χ3n) is 1.38. The number of carbonyl (C=O) groups is 1. The van der Waals surface area contributed by atoms with E-state index >= 15 is 0 Å². The average molecular weight is 234 g/mol. The van der Waals surface area contributed by atoms with Crippen molar-refractivity contribution in [1.82, 2.24) is 0 Å². The number of esters is 1. The maximum absolute atomic E-state index is 11.1. The van der Waals surface area contributed by atoms with E-state index in [1.54, 1.807) is 6.92 Å². The molecule has 0 saturated carbocycles. The van der Waals surface area contributed by atoms with Gasteiger partial charge < -0.3 is 9.47 Å². The van der Waals surface area contributed by atoms with E-state index in [2.05, 4.69) is 0 Å². The highest BCUT2D eigenvalue weighted by molar-refractivity contribution is 7.92. The van der Waals surface area contributed by atoms with Crippen LogP contribution in [0.3, 0.4) is 0 Å². The molecule has 15 heavy (non-hydrogen) atoms. The van der Waals surface area contributed by atoms with Gasteiger partial charge in [0.05, 0.1) is 6.61 Å². The molecular formula is C9H14O5S. The topological polar surface area (TPSA) is 69.7 Å². The number of rotatable bonds is 6. The molecule has 0 radical (unpaired) electrons. The Labute approximate surface area is 89.7 Å². The molecule has 0 fully saturated rings. The molecule has 0 N–H and O–H groups in total. The minimum absolute atomic E-state index is 0.223. The van der Waals surface area contributed by atoms with Gasteiger partial charge in [-0.25, -0.2) is 8.42 Å². The summed E-state index contributed by atoms with van der Waals surface area (Å²) in [7, 11) is -2.09. The van der Waals surface area contributed by atoms with Crippen molar-refractivity contribution in [2.75, 3.05) is 25.2 Å². The van der Waals surface area contributed by atoms with Crippen LogP contribution in [0.25, 0.3) is 0 Å². The first-order valence-corrected chi connectivity index (χ1v) is 6.05. The number of hydrogen-bond acceptors (Lipinski definition) is 5. The van der Waals surface area contributed by atoms with Crippen LogP contribution in [0.15, 0.2) is 0 Å². The van der Waals surface area contributed by atoms with Crippen LogP contribution >= 0.6 is 0 Å². The van der Waals surface area contributed by atoms with Crippen molar-refractivity contribution in [1.29, 1.82) is 0 Å². The van der Waals surface area contributed by atoms with Gasteiger partial charge in [-0.3, -0.25) is 4.79 Å². The van der Waals surface area contributed by atoms with Crippen LogP contribution < -0.4 is 0 Å². The fourth-order valence-electron chi connectivity index (χ4n) is 0.885. The average Bonchev–Trinajstić information content (AvgIpc) is 2.01. The van der Waals surface area contributed by atoms with Crippen LogP contribution in [-0.2, 0) is 24.1 Å². The fourth-order valence-corrected chi connectivity index (χ4v) is 1.67. The van der Waals surface area contributed by atoms with E-state index < -0.39 is 33.4 Å². The first kappa shape index (κ1) is 13.9. The zero-order chi connectivity index (χ0) is 11.9. The molecule has 0 aliphatic carbocycles. The van der Waals surface area contributed by atoms with Gasteiger partial charge in [-0.2, -0.15) is 0 Å². The Hall–Kier alpha value is -1.06. The van der Waals surface area contributed by atoms with E-state index in [-0.39, 0.29) is 6.61 Å². The minimum Gasteiger partial charge on any atom is -0.459 e. The van der Waals surface area contributed by atoms with Crippen LogP contribution in [0, 0.1) is 12.3 Å². The molecule has 0 saturated heterocycles. The highest BCUT2D eigenvalue weighted by Gasteiger charge is 2.18. The number of hydrogen-bond donors (Lipinski definition) is 0. The summed E-state index contributed by atoms with van der Waals surface area (Å²) in [6.07, 6.45) is 4.37. The van der Waals surface area contributed by atoms with Gasteiger partial charge in [0.1, 0.15) is 17.6 Å². The number of methoxy groups -OCH3 is 1. The third kappa shape index (κ3) is 6.94. The molecule has 0 amide bonds. The molecule has 0 bridgehead atoms. The Morgan fingerprint density at radius 1 is 1.53 bits per heavy atom. The van der Waals surface area contributed by atoms with Gasteiger partial charge in [-0.15, -0.1) is 6.42 Å². The van der Waals surface area contributed by atoms with Crippen LogP contribution in [-0.4, -0.2) is 45.7 Å².